The first-order valence-electron chi connectivity index (χ1n) is 5.33. The molecule has 90 valence electrons. The maximum absolute atomic E-state index is 6.14. The van der Waals surface area contributed by atoms with Gasteiger partial charge in [-0.15, -0.1) is 0 Å². The predicted molar refractivity (Wildman–Crippen MR) is 65.5 cm³/mol. The third-order valence-electron chi connectivity index (χ3n) is 2.49. The molecule has 0 saturated heterocycles. The molecule has 0 aromatic carbocycles. The van der Waals surface area contributed by atoms with Crippen LogP contribution in [0, 0.1) is 6.92 Å². The van der Waals surface area contributed by atoms with Crippen LogP contribution in [0.2, 0.25) is 5.02 Å². The Morgan fingerprint density at radius 1 is 1.41 bits per heavy atom. The molecule has 0 spiro atoms. The lowest BCUT2D eigenvalue weighted by atomic mass is 10.3. The quantitative estimate of drug-likeness (QED) is 0.894. The van der Waals surface area contributed by atoms with Crippen LogP contribution in [-0.2, 0) is 20.1 Å². The van der Waals surface area contributed by atoms with Crippen molar-refractivity contribution in [3.05, 3.63) is 40.4 Å². The highest BCUT2D eigenvalue weighted by atomic mass is 35.5. The Kier molecular flexibility index (Phi) is 3.71. The Bertz CT molecular complexity index is 494. The molecule has 0 aliphatic rings. The molecule has 5 nitrogen and oxygen atoms in total. The van der Waals surface area contributed by atoms with Crippen molar-refractivity contribution >= 4 is 11.6 Å². The van der Waals surface area contributed by atoms with Crippen LogP contribution in [0.1, 0.15) is 17.1 Å². The highest BCUT2D eigenvalue weighted by molar-refractivity contribution is 6.31. The zero-order chi connectivity index (χ0) is 12.3. The predicted octanol–water partition coefficient (Wildman–Crippen LogP) is 1.46. The molecule has 2 rings (SSSR count). The summed E-state index contributed by atoms with van der Waals surface area (Å²) in [5, 5.41) is 16.0. The van der Waals surface area contributed by atoms with Crippen molar-refractivity contribution < 1.29 is 0 Å². The van der Waals surface area contributed by atoms with Gasteiger partial charge in [-0.2, -0.15) is 15.3 Å². The van der Waals surface area contributed by atoms with Crippen molar-refractivity contribution in [1.29, 1.82) is 0 Å². The van der Waals surface area contributed by atoms with Gasteiger partial charge in [-0.25, -0.2) is 0 Å². The van der Waals surface area contributed by atoms with Crippen molar-refractivity contribution in [1.82, 2.24) is 25.3 Å². The molecule has 2 aromatic heterocycles. The fourth-order valence-electron chi connectivity index (χ4n) is 1.61. The third-order valence-corrected chi connectivity index (χ3v) is 2.98. The number of aromatic nitrogens is 4. The topological polar surface area (TPSA) is 55.6 Å². The van der Waals surface area contributed by atoms with E-state index in [0.717, 1.165) is 22.1 Å². The average Bonchev–Trinajstić information content (AvgIpc) is 2.57. The van der Waals surface area contributed by atoms with Crippen LogP contribution < -0.4 is 5.32 Å². The highest BCUT2D eigenvalue weighted by Crippen LogP contribution is 2.18. The molecular weight excluding hydrogens is 238 g/mol. The monoisotopic (exact) mass is 251 g/mol. The van der Waals surface area contributed by atoms with E-state index in [4.69, 9.17) is 11.6 Å². The molecule has 0 saturated carbocycles. The van der Waals surface area contributed by atoms with Gasteiger partial charge in [0.25, 0.3) is 0 Å². The van der Waals surface area contributed by atoms with E-state index in [0.29, 0.717) is 13.1 Å². The number of rotatable bonds is 4. The Morgan fingerprint density at radius 2 is 2.24 bits per heavy atom. The van der Waals surface area contributed by atoms with Gasteiger partial charge in [0, 0.05) is 26.3 Å². The molecule has 0 atom stereocenters. The largest absolute Gasteiger partial charge is 0.305 e. The van der Waals surface area contributed by atoms with Crippen molar-refractivity contribution in [2.24, 2.45) is 7.05 Å². The normalized spacial score (nSPS) is 10.8. The molecule has 0 bridgehead atoms. The highest BCUT2D eigenvalue weighted by Gasteiger charge is 2.10. The summed E-state index contributed by atoms with van der Waals surface area (Å²) in [6.45, 7) is 3.22. The molecule has 0 fully saturated rings. The van der Waals surface area contributed by atoms with Crippen LogP contribution >= 0.6 is 11.6 Å². The SMILES string of the molecule is Cc1nn(C)c(CNCc2cccnn2)c1Cl. The van der Waals surface area contributed by atoms with Crippen molar-refractivity contribution in [3.63, 3.8) is 0 Å². The molecule has 6 heteroatoms. The van der Waals surface area contributed by atoms with E-state index < -0.39 is 0 Å². The number of halogens is 1. The van der Waals surface area contributed by atoms with Gasteiger partial charge < -0.3 is 5.32 Å². The molecule has 1 N–H and O–H groups in total. The van der Waals surface area contributed by atoms with E-state index in [9.17, 15) is 0 Å². The maximum atomic E-state index is 6.14. The van der Waals surface area contributed by atoms with Crippen molar-refractivity contribution in [2.75, 3.05) is 0 Å². The first-order chi connectivity index (χ1) is 8.18. The van der Waals surface area contributed by atoms with E-state index in [2.05, 4.69) is 20.6 Å². The summed E-state index contributed by atoms with van der Waals surface area (Å²) < 4.78 is 1.79. The van der Waals surface area contributed by atoms with E-state index in [1.165, 1.54) is 0 Å². The summed E-state index contributed by atoms with van der Waals surface area (Å²) in [7, 11) is 1.89. The Morgan fingerprint density at radius 3 is 2.82 bits per heavy atom. The molecule has 17 heavy (non-hydrogen) atoms. The summed E-state index contributed by atoms with van der Waals surface area (Å²) in [5.74, 6) is 0. The minimum Gasteiger partial charge on any atom is -0.305 e. The first-order valence-corrected chi connectivity index (χ1v) is 5.71. The minimum atomic E-state index is 0.659. The second-order valence-corrected chi connectivity index (χ2v) is 4.17. The van der Waals surface area contributed by atoms with E-state index in [-0.39, 0.29) is 0 Å². The van der Waals surface area contributed by atoms with Gasteiger partial charge in [0.2, 0.25) is 0 Å². The van der Waals surface area contributed by atoms with Gasteiger partial charge in [-0.3, -0.25) is 4.68 Å². The second-order valence-electron chi connectivity index (χ2n) is 3.79. The number of hydrogen-bond acceptors (Lipinski definition) is 4. The molecule has 0 aliphatic heterocycles. The number of nitrogens with zero attached hydrogens (tertiary/aromatic N) is 4. The summed E-state index contributed by atoms with van der Waals surface area (Å²) >= 11 is 6.14. The zero-order valence-electron chi connectivity index (χ0n) is 9.81. The number of nitrogens with one attached hydrogen (secondary N) is 1. The smallest absolute Gasteiger partial charge is 0.0860 e. The lowest BCUT2D eigenvalue weighted by Gasteiger charge is -2.04. The summed E-state index contributed by atoms with van der Waals surface area (Å²) in [6, 6.07) is 3.79. The van der Waals surface area contributed by atoms with Crippen LogP contribution in [-0.4, -0.2) is 20.0 Å². The Hall–Kier alpha value is -1.46. The van der Waals surface area contributed by atoms with Crippen LogP contribution in [0.3, 0.4) is 0 Å². The molecular formula is C11H14ClN5. The summed E-state index contributed by atoms with van der Waals surface area (Å²) in [5.41, 5.74) is 2.74. The second kappa shape index (κ2) is 5.25. The van der Waals surface area contributed by atoms with Crippen molar-refractivity contribution in [3.8, 4) is 0 Å². The fourth-order valence-corrected chi connectivity index (χ4v) is 1.84. The van der Waals surface area contributed by atoms with E-state index >= 15 is 0 Å². The van der Waals surface area contributed by atoms with Gasteiger partial charge in [-0.1, -0.05) is 11.6 Å². The average molecular weight is 252 g/mol. The van der Waals surface area contributed by atoms with Crippen LogP contribution in [0.4, 0.5) is 0 Å². The Balaban J connectivity index is 1.95. The summed E-state index contributed by atoms with van der Waals surface area (Å²) in [4.78, 5) is 0. The van der Waals surface area contributed by atoms with Gasteiger partial charge in [0.1, 0.15) is 0 Å². The molecule has 2 heterocycles. The third kappa shape index (κ3) is 2.81. The number of hydrogen-bond donors (Lipinski definition) is 1. The standard InChI is InChI=1S/C11H14ClN5/c1-8-11(12)10(17(2)16-8)7-13-6-9-4-3-5-14-15-9/h3-5,13H,6-7H2,1-2H3. The number of aryl methyl sites for hydroxylation is 2. The van der Waals surface area contributed by atoms with Gasteiger partial charge in [0.15, 0.2) is 0 Å². The summed E-state index contributed by atoms with van der Waals surface area (Å²) in [6.07, 6.45) is 1.66. The molecule has 2 aromatic rings. The lowest BCUT2D eigenvalue weighted by Crippen LogP contribution is -2.16. The Labute approximate surface area is 105 Å². The van der Waals surface area contributed by atoms with Gasteiger partial charge in [-0.05, 0) is 19.1 Å². The molecule has 0 radical (unpaired) electrons. The molecule has 0 amide bonds. The van der Waals surface area contributed by atoms with Gasteiger partial charge >= 0.3 is 0 Å². The van der Waals surface area contributed by atoms with Crippen LogP contribution in [0.15, 0.2) is 18.3 Å². The first kappa shape index (κ1) is 12.0. The fraction of sp³-hybridized carbons (Fsp3) is 0.364. The van der Waals surface area contributed by atoms with Crippen LogP contribution in [0.5, 0.6) is 0 Å². The molecule has 0 aliphatic carbocycles. The van der Waals surface area contributed by atoms with Gasteiger partial charge in [0.05, 0.1) is 22.1 Å². The van der Waals surface area contributed by atoms with Crippen LogP contribution in [0.25, 0.3) is 0 Å². The zero-order valence-corrected chi connectivity index (χ0v) is 10.6. The minimum absolute atomic E-state index is 0.659. The maximum Gasteiger partial charge on any atom is 0.0860 e. The molecule has 0 unspecified atom stereocenters. The van der Waals surface area contributed by atoms with E-state index in [1.807, 2.05) is 26.1 Å². The van der Waals surface area contributed by atoms with E-state index in [1.54, 1.807) is 10.9 Å². The lowest BCUT2D eigenvalue weighted by molar-refractivity contribution is 0.615. The van der Waals surface area contributed by atoms with Crippen molar-refractivity contribution in [2.45, 2.75) is 20.0 Å².